The lowest BCUT2D eigenvalue weighted by molar-refractivity contribution is 0.191. The van der Waals surface area contributed by atoms with E-state index in [1.807, 2.05) is 16.8 Å². The SMILES string of the molecule is COc1ccc(N2CCN([C@H](c3ccc(N(C)C)cc3)c3nnnn3C(C)(C)C)CC2)cc1. The number of rotatable bonds is 6. The molecule has 1 aromatic heterocycles. The summed E-state index contributed by atoms with van der Waals surface area (Å²) in [4.78, 5) is 7.04. The van der Waals surface area contributed by atoms with Crippen LogP contribution in [0.25, 0.3) is 0 Å². The predicted octanol–water partition coefficient (Wildman–Crippen LogP) is 3.41. The Hall–Kier alpha value is -3.13. The molecule has 1 aliphatic heterocycles. The molecular formula is C25H35N7O. The van der Waals surface area contributed by atoms with Gasteiger partial charge in [0, 0.05) is 51.6 Å². The third-order valence-electron chi connectivity index (χ3n) is 6.22. The Balaban J connectivity index is 1.61. The minimum absolute atomic E-state index is 0.00606. The molecule has 0 amide bonds. The zero-order valence-electron chi connectivity index (χ0n) is 20.6. The van der Waals surface area contributed by atoms with E-state index in [0.717, 1.165) is 37.8 Å². The van der Waals surface area contributed by atoms with E-state index in [4.69, 9.17) is 4.74 Å². The van der Waals surface area contributed by atoms with E-state index in [0.29, 0.717) is 0 Å². The van der Waals surface area contributed by atoms with E-state index in [1.165, 1.54) is 16.9 Å². The standard InChI is InChI=1S/C25H35N7O/c1-25(2,3)32-24(26-27-28-32)23(19-7-9-20(10-8-19)29(4)5)31-17-15-30(16-18-31)21-11-13-22(33-6)14-12-21/h7-14,23H,15-18H2,1-6H3/t23-/m1/s1. The van der Waals surface area contributed by atoms with Crippen molar-refractivity contribution in [2.45, 2.75) is 32.4 Å². The molecule has 0 aliphatic carbocycles. The molecule has 2 heterocycles. The monoisotopic (exact) mass is 449 g/mol. The van der Waals surface area contributed by atoms with E-state index < -0.39 is 0 Å². The molecule has 1 atom stereocenters. The van der Waals surface area contributed by atoms with Gasteiger partial charge in [0.25, 0.3) is 0 Å². The summed E-state index contributed by atoms with van der Waals surface area (Å²) in [6, 6.07) is 17.0. The van der Waals surface area contributed by atoms with Crippen LogP contribution in [0, 0.1) is 0 Å². The molecule has 2 aromatic carbocycles. The van der Waals surface area contributed by atoms with Crippen LogP contribution in [0.2, 0.25) is 0 Å². The number of piperazine rings is 1. The Morgan fingerprint density at radius 1 is 0.909 bits per heavy atom. The first-order valence-corrected chi connectivity index (χ1v) is 11.5. The largest absolute Gasteiger partial charge is 0.497 e. The average molecular weight is 450 g/mol. The smallest absolute Gasteiger partial charge is 0.173 e. The van der Waals surface area contributed by atoms with Gasteiger partial charge in [0.15, 0.2) is 5.82 Å². The lowest BCUT2D eigenvalue weighted by Gasteiger charge is -2.40. The maximum atomic E-state index is 5.31. The van der Waals surface area contributed by atoms with Gasteiger partial charge in [-0.05, 0) is 73.2 Å². The van der Waals surface area contributed by atoms with Crippen LogP contribution < -0.4 is 14.5 Å². The molecule has 0 radical (unpaired) electrons. The van der Waals surface area contributed by atoms with Gasteiger partial charge in [-0.15, -0.1) is 5.10 Å². The highest BCUT2D eigenvalue weighted by atomic mass is 16.5. The van der Waals surface area contributed by atoms with E-state index in [9.17, 15) is 0 Å². The summed E-state index contributed by atoms with van der Waals surface area (Å²) in [5, 5.41) is 12.9. The van der Waals surface area contributed by atoms with Crippen LogP contribution in [0.4, 0.5) is 11.4 Å². The number of tetrazole rings is 1. The third kappa shape index (κ3) is 4.95. The molecule has 0 saturated carbocycles. The van der Waals surface area contributed by atoms with Gasteiger partial charge in [-0.1, -0.05) is 12.1 Å². The van der Waals surface area contributed by atoms with Crippen molar-refractivity contribution in [1.29, 1.82) is 0 Å². The van der Waals surface area contributed by atoms with Crippen LogP contribution >= 0.6 is 0 Å². The van der Waals surface area contributed by atoms with Crippen molar-refractivity contribution >= 4 is 11.4 Å². The Bertz CT molecular complexity index is 1030. The van der Waals surface area contributed by atoms with Gasteiger partial charge in [-0.25, -0.2) is 4.68 Å². The summed E-state index contributed by atoms with van der Waals surface area (Å²) in [6.07, 6.45) is 0. The number of hydrogen-bond acceptors (Lipinski definition) is 7. The fourth-order valence-corrected chi connectivity index (χ4v) is 4.35. The van der Waals surface area contributed by atoms with E-state index in [-0.39, 0.29) is 11.6 Å². The highest BCUT2D eigenvalue weighted by molar-refractivity contribution is 5.50. The summed E-state index contributed by atoms with van der Waals surface area (Å²) >= 11 is 0. The summed E-state index contributed by atoms with van der Waals surface area (Å²) < 4.78 is 7.27. The van der Waals surface area contributed by atoms with Crippen LogP contribution in [0.15, 0.2) is 48.5 Å². The molecular weight excluding hydrogens is 414 g/mol. The van der Waals surface area contributed by atoms with Crippen molar-refractivity contribution in [3.8, 4) is 5.75 Å². The van der Waals surface area contributed by atoms with Crippen molar-refractivity contribution in [3.63, 3.8) is 0 Å². The predicted molar refractivity (Wildman–Crippen MR) is 132 cm³/mol. The lowest BCUT2D eigenvalue weighted by Crippen LogP contribution is -2.48. The Morgan fingerprint density at radius 3 is 2.09 bits per heavy atom. The summed E-state index contributed by atoms with van der Waals surface area (Å²) in [7, 11) is 5.82. The zero-order chi connectivity index (χ0) is 23.6. The van der Waals surface area contributed by atoms with Crippen LogP contribution in [0.3, 0.4) is 0 Å². The molecule has 0 bridgehead atoms. The van der Waals surface area contributed by atoms with Crippen molar-refractivity contribution < 1.29 is 4.74 Å². The molecule has 4 rings (SSSR count). The first-order valence-electron chi connectivity index (χ1n) is 11.5. The molecule has 0 unspecified atom stereocenters. The van der Waals surface area contributed by atoms with Gasteiger partial charge in [-0.2, -0.15) is 0 Å². The fourth-order valence-electron chi connectivity index (χ4n) is 4.35. The average Bonchev–Trinajstić information content (AvgIpc) is 3.30. The number of nitrogens with zero attached hydrogens (tertiary/aromatic N) is 7. The van der Waals surface area contributed by atoms with Crippen LogP contribution in [-0.2, 0) is 5.54 Å². The van der Waals surface area contributed by atoms with Crippen LogP contribution in [0.5, 0.6) is 5.75 Å². The van der Waals surface area contributed by atoms with Gasteiger partial charge in [0.1, 0.15) is 5.75 Å². The highest BCUT2D eigenvalue weighted by Gasteiger charge is 2.33. The van der Waals surface area contributed by atoms with Gasteiger partial charge in [-0.3, -0.25) is 4.90 Å². The van der Waals surface area contributed by atoms with Crippen LogP contribution in [0.1, 0.15) is 38.2 Å². The van der Waals surface area contributed by atoms with E-state index in [1.54, 1.807) is 7.11 Å². The number of anilines is 2. The Kier molecular flexibility index (Phi) is 6.56. The second-order valence-electron chi connectivity index (χ2n) is 9.73. The molecule has 1 fully saturated rings. The van der Waals surface area contributed by atoms with E-state index >= 15 is 0 Å². The molecule has 1 aliphatic rings. The summed E-state index contributed by atoms with van der Waals surface area (Å²) in [6.45, 7) is 10.1. The van der Waals surface area contributed by atoms with Gasteiger partial charge in [0.05, 0.1) is 18.7 Å². The normalized spacial score (nSPS) is 16.0. The highest BCUT2D eigenvalue weighted by Crippen LogP contribution is 2.32. The Labute approximate surface area is 196 Å². The summed E-state index contributed by atoms with van der Waals surface area (Å²) in [5.41, 5.74) is 3.41. The number of benzene rings is 2. The second kappa shape index (κ2) is 9.39. The zero-order valence-corrected chi connectivity index (χ0v) is 20.6. The van der Waals surface area contributed by atoms with Gasteiger partial charge >= 0.3 is 0 Å². The van der Waals surface area contributed by atoms with Crippen molar-refractivity contribution in [2.24, 2.45) is 0 Å². The quantitative estimate of drug-likeness (QED) is 0.571. The molecule has 3 aromatic rings. The Morgan fingerprint density at radius 2 is 1.55 bits per heavy atom. The molecule has 8 nitrogen and oxygen atoms in total. The van der Waals surface area contributed by atoms with Crippen molar-refractivity contribution in [2.75, 3.05) is 57.2 Å². The number of hydrogen-bond donors (Lipinski definition) is 0. The number of methoxy groups -OCH3 is 1. The molecule has 176 valence electrons. The van der Waals surface area contributed by atoms with E-state index in [2.05, 4.69) is 101 Å². The molecule has 8 heteroatoms. The maximum Gasteiger partial charge on any atom is 0.173 e. The molecule has 1 saturated heterocycles. The number of ether oxygens (including phenoxy) is 1. The minimum Gasteiger partial charge on any atom is -0.497 e. The molecule has 33 heavy (non-hydrogen) atoms. The topological polar surface area (TPSA) is 62.6 Å². The van der Waals surface area contributed by atoms with Crippen molar-refractivity contribution in [1.82, 2.24) is 25.1 Å². The van der Waals surface area contributed by atoms with Crippen LogP contribution in [-0.4, -0.2) is 72.5 Å². The lowest BCUT2D eigenvalue weighted by atomic mass is 10.0. The third-order valence-corrected chi connectivity index (χ3v) is 6.22. The molecule has 0 N–H and O–H groups in total. The maximum absolute atomic E-state index is 5.31. The first kappa shape index (κ1) is 23.0. The van der Waals surface area contributed by atoms with Gasteiger partial charge < -0.3 is 14.5 Å². The molecule has 0 spiro atoms. The summed E-state index contributed by atoms with van der Waals surface area (Å²) in [5.74, 6) is 1.77. The minimum atomic E-state index is -0.203. The fraction of sp³-hybridized carbons (Fsp3) is 0.480. The van der Waals surface area contributed by atoms with Gasteiger partial charge in [0.2, 0.25) is 0 Å². The van der Waals surface area contributed by atoms with Crippen molar-refractivity contribution in [3.05, 3.63) is 59.9 Å². The second-order valence-corrected chi connectivity index (χ2v) is 9.73. The number of aromatic nitrogens is 4. The first-order chi connectivity index (χ1) is 15.8.